The zero-order valence-electron chi connectivity index (χ0n) is 16.6. The Labute approximate surface area is 153 Å². The standard InChI is InChI=1S/C19H17FN4O2/c1-26-17-7-6-13(12-21-17)24-11-8-16(23-24)22-18(25)19(9-10-19)14-4-2-3-5-15(14)20/h2-8,11-12H,9-10H2,1H3,(H,22,23,25)/i1D3. The smallest absolute Gasteiger partial charge is 0.236 e. The molecule has 1 N–H and O–H groups in total. The molecule has 1 aromatic carbocycles. The molecule has 26 heavy (non-hydrogen) atoms. The number of hydrogen-bond acceptors (Lipinski definition) is 4. The molecule has 2 heterocycles. The fourth-order valence-corrected chi connectivity index (χ4v) is 2.93. The van der Waals surface area contributed by atoms with Crippen molar-refractivity contribution < 1.29 is 18.0 Å². The summed E-state index contributed by atoms with van der Waals surface area (Å²) in [5, 5.41) is 7.03. The quantitative estimate of drug-likeness (QED) is 0.764. The van der Waals surface area contributed by atoms with Crippen LogP contribution in [0.15, 0.2) is 54.9 Å². The van der Waals surface area contributed by atoms with Gasteiger partial charge in [-0.25, -0.2) is 14.1 Å². The van der Waals surface area contributed by atoms with Crippen LogP contribution in [0.1, 0.15) is 22.5 Å². The van der Waals surface area contributed by atoms with E-state index in [1.807, 2.05) is 0 Å². The molecule has 0 atom stereocenters. The van der Waals surface area contributed by atoms with Gasteiger partial charge in [0.05, 0.1) is 28.4 Å². The Kier molecular flexibility index (Phi) is 3.14. The molecule has 1 saturated carbocycles. The first-order valence-corrected chi connectivity index (χ1v) is 8.04. The highest BCUT2D eigenvalue weighted by molar-refractivity contribution is 6.00. The van der Waals surface area contributed by atoms with Gasteiger partial charge in [0.15, 0.2) is 5.82 Å². The summed E-state index contributed by atoms with van der Waals surface area (Å²) in [5.41, 5.74) is 0.0925. The molecule has 0 bridgehead atoms. The van der Waals surface area contributed by atoms with E-state index < -0.39 is 18.3 Å². The van der Waals surface area contributed by atoms with Gasteiger partial charge in [0, 0.05) is 23.9 Å². The third-order valence-electron chi connectivity index (χ3n) is 4.49. The number of methoxy groups -OCH3 is 1. The highest BCUT2D eigenvalue weighted by atomic mass is 19.1. The van der Waals surface area contributed by atoms with Crippen LogP contribution in [0.25, 0.3) is 5.69 Å². The molecule has 1 aliphatic rings. The van der Waals surface area contributed by atoms with E-state index in [0.717, 1.165) is 0 Å². The highest BCUT2D eigenvalue weighted by Gasteiger charge is 2.52. The van der Waals surface area contributed by atoms with Crippen molar-refractivity contribution in [2.45, 2.75) is 18.3 Å². The van der Waals surface area contributed by atoms with Crippen molar-refractivity contribution in [3.8, 4) is 11.6 Å². The second-order valence-corrected chi connectivity index (χ2v) is 6.12. The number of rotatable bonds is 5. The topological polar surface area (TPSA) is 69.0 Å². The van der Waals surface area contributed by atoms with Crippen LogP contribution in [0.2, 0.25) is 0 Å². The summed E-state index contributed by atoms with van der Waals surface area (Å²) in [6, 6.07) is 10.9. The van der Waals surface area contributed by atoms with Gasteiger partial charge in [-0.2, -0.15) is 5.10 Å². The Morgan fingerprint density at radius 2 is 2.15 bits per heavy atom. The fourth-order valence-electron chi connectivity index (χ4n) is 2.93. The third kappa shape index (κ3) is 2.81. The van der Waals surface area contributed by atoms with Crippen molar-refractivity contribution in [3.05, 3.63) is 66.2 Å². The van der Waals surface area contributed by atoms with Crippen LogP contribution >= 0.6 is 0 Å². The number of carbonyl (C=O) groups is 1. The van der Waals surface area contributed by atoms with Crippen molar-refractivity contribution in [2.75, 3.05) is 12.4 Å². The van der Waals surface area contributed by atoms with E-state index in [1.54, 1.807) is 36.5 Å². The van der Waals surface area contributed by atoms with Crippen molar-refractivity contribution in [2.24, 2.45) is 0 Å². The molecule has 1 aliphatic carbocycles. The first-order valence-electron chi connectivity index (χ1n) is 9.54. The molecule has 1 fully saturated rings. The second kappa shape index (κ2) is 6.25. The number of pyridine rings is 1. The maximum atomic E-state index is 14.1. The number of halogens is 1. The first kappa shape index (κ1) is 13.0. The van der Waals surface area contributed by atoms with Crippen LogP contribution in [0, 0.1) is 5.82 Å². The van der Waals surface area contributed by atoms with Crippen molar-refractivity contribution >= 4 is 11.7 Å². The maximum absolute atomic E-state index is 14.1. The molecule has 132 valence electrons. The van der Waals surface area contributed by atoms with Gasteiger partial charge in [-0.1, -0.05) is 18.2 Å². The van der Waals surface area contributed by atoms with E-state index in [2.05, 4.69) is 15.4 Å². The molecular weight excluding hydrogens is 335 g/mol. The number of hydrogen-bond donors (Lipinski definition) is 1. The summed E-state index contributed by atoms with van der Waals surface area (Å²) >= 11 is 0. The summed E-state index contributed by atoms with van der Waals surface area (Å²) < 4.78 is 41.6. The van der Waals surface area contributed by atoms with Crippen LogP contribution < -0.4 is 10.1 Å². The Morgan fingerprint density at radius 3 is 2.85 bits per heavy atom. The van der Waals surface area contributed by atoms with Gasteiger partial charge in [0.25, 0.3) is 0 Å². The minimum absolute atomic E-state index is 0.0324. The minimum Gasteiger partial charge on any atom is -0.481 e. The summed E-state index contributed by atoms with van der Waals surface area (Å²) in [7, 11) is -2.57. The fraction of sp³-hybridized carbons (Fsp3) is 0.211. The van der Waals surface area contributed by atoms with E-state index in [4.69, 9.17) is 8.85 Å². The lowest BCUT2D eigenvalue weighted by Crippen LogP contribution is -2.29. The van der Waals surface area contributed by atoms with Gasteiger partial charge in [0.1, 0.15) is 5.82 Å². The largest absolute Gasteiger partial charge is 0.481 e. The Bertz CT molecular complexity index is 1050. The van der Waals surface area contributed by atoms with Crippen molar-refractivity contribution in [3.63, 3.8) is 0 Å². The first-order chi connectivity index (χ1) is 13.8. The zero-order chi connectivity index (χ0) is 20.6. The van der Waals surface area contributed by atoms with Gasteiger partial charge in [-0.3, -0.25) is 4.79 Å². The van der Waals surface area contributed by atoms with E-state index >= 15 is 0 Å². The summed E-state index contributed by atoms with van der Waals surface area (Å²) in [5.74, 6) is -0.404. The third-order valence-corrected chi connectivity index (χ3v) is 4.49. The molecule has 0 saturated heterocycles. The predicted molar refractivity (Wildman–Crippen MR) is 93.9 cm³/mol. The zero-order valence-corrected chi connectivity index (χ0v) is 13.6. The number of benzene rings is 1. The maximum Gasteiger partial charge on any atom is 0.236 e. The molecule has 0 aliphatic heterocycles. The van der Waals surface area contributed by atoms with E-state index in [1.165, 1.54) is 23.0 Å². The van der Waals surface area contributed by atoms with Crippen LogP contribution in [0.5, 0.6) is 5.88 Å². The van der Waals surface area contributed by atoms with E-state index in [-0.39, 0.29) is 11.8 Å². The van der Waals surface area contributed by atoms with Gasteiger partial charge < -0.3 is 10.1 Å². The number of carbonyl (C=O) groups excluding carboxylic acids is 1. The normalized spacial score (nSPS) is 16.9. The SMILES string of the molecule is [2H]C([2H])([2H])Oc1ccc(-n2ccc(NC(=O)C3(c4ccccc4F)CC3)n2)cn1. The summed E-state index contributed by atoms with van der Waals surface area (Å²) in [4.78, 5) is 16.7. The average molecular weight is 355 g/mol. The average Bonchev–Trinajstić information content (AvgIpc) is 3.34. The van der Waals surface area contributed by atoms with Crippen LogP contribution in [0.3, 0.4) is 0 Å². The molecular formula is C19H17FN4O2. The molecule has 4 rings (SSSR count). The molecule has 2 aromatic heterocycles. The molecule has 7 heteroatoms. The molecule has 3 aromatic rings. The van der Waals surface area contributed by atoms with Gasteiger partial charge in [-0.15, -0.1) is 0 Å². The van der Waals surface area contributed by atoms with Gasteiger partial charge in [0.2, 0.25) is 11.8 Å². The lowest BCUT2D eigenvalue weighted by Gasteiger charge is -2.15. The number of anilines is 1. The summed E-state index contributed by atoms with van der Waals surface area (Å²) in [6.45, 7) is 0. The Morgan fingerprint density at radius 1 is 1.31 bits per heavy atom. The number of aromatic nitrogens is 3. The lowest BCUT2D eigenvalue weighted by molar-refractivity contribution is -0.118. The monoisotopic (exact) mass is 355 g/mol. The van der Waals surface area contributed by atoms with Gasteiger partial charge >= 0.3 is 0 Å². The molecule has 1 amide bonds. The summed E-state index contributed by atoms with van der Waals surface area (Å²) in [6.07, 6.45) is 4.19. The van der Waals surface area contributed by atoms with Crippen molar-refractivity contribution in [1.82, 2.24) is 14.8 Å². The molecule has 0 spiro atoms. The Hall–Kier alpha value is -3.22. The van der Waals surface area contributed by atoms with Gasteiger partial charge in [-0.05, 0) is 25.0 Å². The minimum atomic E-state index is -2.57. The molecule has 6 nitrogen and oxygen atoms in total. The lowest BCUT2D eigenvalue weighted by atomic mass is 9.94. The predicted octanol–water partition coefficient (Wildman–Crippen LogP) is 3.09. The number of nitrogens with one attached hydrogen (secondary N) is 1. The van der Waals surface area contributed by atoms with Crippen LogP contribution in [-0.4, -0.2) is 27.7 Å². The second-order valence-electron chi connectivity index (χ2n) is 6.12. The van der Waals surface area contributed by atoms with E-state index in [0.29, 0.717) is 29.9 Å². The number of ether oxygens (including phenoxy) is 1. The van der Waals surface area contributed by atoms with Crippen LogP contribution in [-0.2, 0) is 10.2 Å². The number of nitrogens with zero attached hydrogens (tertiary/aromatic N) is 3. The van der Waals surface area contributed by atoms with Crippen molar-refractivity contribution in [1.29, 1.82) is 0 Å². The Balaban J connectivity index is 1.47. The van der Waals surface area contributed by atoms with Crippen LogP contribution in [0.4, 0.5) is 10.2 Å². The number of amides is 1. The molecule has 0 radical (unpaired) electrons. The molecule has 0 unspecified atom stereocenters. The highest BCUT2D eigenvalue weighted by Crippen LogP contribution is 2.49. The van der Waals surface area contributed by atoms with E-state index in [9.17, 15) is 9.18 Å².